The summed E-state index contributed by atoms with van der Waals surface area (Å²) < 4.78 is 5.08. The van der Waals surface area contributed by atoms with Crippen LogP contribution >= 0.6 is 0 Å². The molecule has 0 aliphatic carbocycles. The third-order valence-corrected chi connectivity index (χ3v) is 5.42. The molecule has 7 heteroatoms. The minimum Gasteiger partial charge on any atom is -0.497 e. The molecule has 1 fully saturated rings. The largest absolute Gasteiger partial charge is 0.497 e. The number of amides is 2. The van der Waals surface area contributed by atoms with Crippen molar-refractivity contribution < 1.29 is 14.3 Å². The number of anilines is 1. The summed E-state index contributed by atoms with van der Waals surface area (Å²) in [7, 11) is 1.57. The fourth-order valence-electron chi connectivity index (χ4n) is 3.52. The van der Waals surface area contributed by atoms with E-state index in [1.54, 1.807) is 31.4 Å². The van der Waals surface area contributed by atoms with Crippen molar-refractivity contribution in [3.63, 3.8) is 0 Å². The van der Waals surface area contributed by atoms with Crippen LogP contribution in [0.3, 0.4) is 0 Å². The van der Waals surface area contributed by atoms with E-state index in [0.717, 1.165) is 26.2 Å². The van der Waals surface area contributed by atoms with E-state index in [-0.39, 0.29) is 24.4 Å². The van der Waals surface area contributed by atoms with Crippen LogP contribution in [-0.4, -0.2) is 69.1 Å². The van der Waals surface area contributed by atoms with E-state index in [1.807, 2.05) is 6.07 Å². The molecule has 0 radical (unpaired) electrons. The van der Waals surface area contributed by atoms with Crippen molar-refractivity contribution in [2.24, 2.45) is 0 Å². The zero-order valence-corrected chi connectivity index (χ0v) is 17.6. The molecule has 0 saturated carbocycles. The van der Waals surface area contributed by atoms with Crippen molar-refractivity contribution in [2.45, 2.75) is 13.0 Å². The van der Waals surface area contributed by atoms with Crippen LogP contribution in [0, 0.1) is 0 Å². The van der Waals surface area contributed by atoms with Gasteiger partial charge in [-0.15, -0.1) is 0 Å². The third kappa shape index (κ3) is 5.97. The van der Waals surface area contributed by atoms with Gasteiger partial charge in [0.05, 0.1) is 13.7 Å². The summed E-state index contributed by atoms with van der Waals surface area (Å²) in [6, 6.07) is 17.4. The van der Waals surface area contributed by atoms with E-state index in [0.29, 0.717) is 17.9 Å². The predicted molar refractivity (Wildman–Crippen MR) is 118 cm³/mol. The van der Waals surface area contributed by atoms with Crippen LogP contribution in [0.25, 0.3) is 0 Å². The lowest BCUT2D eigenvalue weighted by Gasteiger charge is -2.39. The molecule has 7 nitrogen and oxygen atoms in total. The number of rotatable bonds is 8. The molecule has 1 aliphatic rings. The number of carbonyl (C=O) groups is 2. The number of carbonyl (C=O) groups excluding carboxylic acids is 2. The molecule has 1 heterocycles. The summed E-state index contributed by atoms with van der Waals surface area (Å²) in [4.78, 5) is 29.0. The number of benzene rings is 2. The summed E-state index contributed by atoms with van der Waals surface area (Å²) in [5.74, 6) is 0.215. The van der Waals surface area contributed by atoms with Crippen LogP contribution in [-0.2, 0) is 4.79 Å². The van der Waals surface area contributed by atoms with Crippen molar-refractivity contribution in [2.75, 3.05) is 51.3 Å². The molecule has 1 unspecified atom stereocenters. The van der Waals surface area contributed by atoms with E-state index in [4.69, 9.17) is 4.74 Å². The Kier molecular flexibility index (Phi) is 7.68. The lowest BCUT2D eigenvalue weighted by Crippen LogP contribution is -2.52. The summed E-state index contributed by atoms with van der Waals surface area (Å²) >= 11 is 0. The maximum Gasteiger partial charge on any atom is 0.251 e. The highest BCUT2D eigenvalue weighted by Gasteiger charge is 2.21. The van der Waals surface area contributed by atoms with Gasteiger partial charge in [-0.05, 0) is 43.3 Å². The predicted octanol–water partition coefficient (Wildman–Crippen LogP) is 1.75. The van der Waals surface area contributed by atoms with Crippen molar-refractivity contribution in [3.8, 4) is 5.75 Å². The third-order valence-electron chi connectivity index (χ3n) is 5.42. The van der Waals surface area contributed by atoms with Crippen LogP contribution in [0.2, 0.25) is 0 Å². The molecule has 160 valence electrons. The monoisotopic (exact) mass is 410 g/mol. The van der Waals surface area contributed by atoms with Gasteiger partial charge in [-0.2, -0.15) is 0 Å². The number of nitrogens with zero attached hydrogens (tertiary/aromatic N) is 2. The Balaban J connectivity index is 1.35. The molecule has 2 aromatic carbocycles. The second-order valence-corrected chi connectivity index (χ2v) is 7.42. The molecule has 0 spiro atoms. The van der Waals surface area contributed by atoms with Gasteiger partial charge in [0.1, 0.15) is 5.75 Å². The second kappa shape index (κ2) is 10.6. The number of nitrogens with one attached hydrogen (secondary N) is 2. The molecule has 2 amide bonds. The summed E-state index contributed by atoms with van der Waals surface area (Å²) in [6.07, 6.45) is 0. The first-order valence-corrected chi connectivity index (χ1v) is 10.3. The van der Waals surface area contributed by atoms with Gasteiger partial charge in [0.15, 0.2) is 0 Å². The molecular formula is C23H30N4O3. The van der Waals surface area contributed by atoms with Crippen LogP contribution in [0.4, 0.5) is 5.69 Å². The van der Waals surface area contributed by atoms with Gasteiger partial charge in [0.25, 0.3) is 5.91 Å². The standard InChI is InChI=1S/C23H30N4O3/c1-18(26-12-14-27(15-13-26)20-6-4-3-5-7-20)16-24-22(28)17-25-23(29)19-8-10-21(30-2)11-9-19/h3-11,18H,12-17H2,1-2H3,(H,24,28)(H,25,29). The first kappa shape index (κ1) is 21.6. The van der Waals surface area contributed by atoms with Crippen LogP contribution in [0.5, 0.6) is 5.75 Å². The molecule has 2 N–H and O–H groups in total. The second-order valence-electron chi connectivity index (χ2n) is 7.42. The van der Waals surface area contributed by atoms with Crippen molar-refractivity contribution in [1.29, 1.82) is 0 Å². The first-order valence-electron chi connectivity index (χ1n) is 10.3. The number of hydrogen-bond acceptors (Lipinski definition) is 5. The highest BCUT2D eigenvalue weighted by molar-refractivity contribution is 5.96. The molecule has 1 aliphatic heterocycles. The zero-order chi connectivity index (χ0) is 21.3. The van der Waals surface area contributed by atoms with Crippen molar-refractivity contribution in [1.82, 2.24) is 15.5 Å². The molecule has 30 heavy (non-hydrogen) atoms. The number of methoxy groups -OCH3 is 1. The summed E-state index contributed by atoms with van der Waals surface area (Å²) in [5, 5.41) is 5.57. The topological polar surface area (TPSA) is 73.9 Å². The first-order chi connectivity index (χ1) is 14.6. The average molecular weight is 411 g/mol. The van der Waals surface area contributed by atoms with Gasteiger partial charge < -0.3 is 20.3 Å². The van der Waals surface area contributed by atoms with Crippen LogP contribution in [0.15, 0.2) is 54.6 Å². The quantitative estimate of drug-likeness (QED) is 0.694. The van der Waals surface area contributed by atoms with Crippen LogP contribution in [0.1, 0.15) is 17.3 Å². The minimum absolute atomic E-state index is 0.0423. The fourth-order valence-corrected chi connectivity index (χ4v) is 3.52. The van der Waals surface area contributed by atoms with Crippen LogP contribution < -0.4 is 20.3 Å². The number of para-hydroxylation sites is 1. The maximum absolute atomic E-state index is 12.1. The normalized spacial score (nSPS) is 15.3. The van der Waals surface area contributed by atoms with E-state index >= 15 is 0 Å². The highest BCUT2D eigenvalue weighted by atomic mass is 16.5. The Morgan fingerprint density at radius 3 is 2.27 bits per heavy atom. The van der Waals surface area contributed by atoms with Crippen molar-refractivity contribution in [3.05, 3.63) is 60.2 Å². The maximum atomic E-state index is 12.1. The van der Waals surface area contributed by atoms with E-state index in [2.05, 4.69) is 51.6 Å². The molecule has 3 rings (SSSR count). The van der Waals surface area contributed by atoms with E-state index in [9.17, 15) is 9.59 Å². The van der Waals surface area contributed by atoms with Gasteiger partial charge in [-0.3, -0.25) is 14.5 Å². The molecule has 1 saturated heterocycles. The molecule has 0 bridgehead atoms. The van der Waals surface area contributed by atoms with Gasteiger partial charge in [-0.25, -0.2) is 0 Å². The van der Waals surface area contributed by atoms with Gasteiger partial charge >= 0.3 is 0 Å². The van der Waals surface area contributed by atoms with Crippen molar-refractivity contribution >= 4 is 17.5 Å². The molecular weight excluding hydrogens is 380 g/mol. The smallest absolute Gasteiger partial charge is 0.251 e. The number of piperazine rings is 1. The average Bonchev–Trinajstić information content (AvgIpc) is 2.81. The number of ether oxygens (including phenoxy) is 1. The fraction of sp³-hybridized carbons (Fsp3) is 0.391. The Morgan fingerprint density at radius 1 is 0.967 bits per heavy atom. The van der Waals surface area contributed by atoms with Gasteiger partial charge in [0.2, 0.25) is 5.91 Å². The Morgan fingerprint density at radius 2 is 1.63 bits per heavy atom. The molecule has 2 aromatic rings. The number of hydrogen-bond donors (Lipinski definition) is 2. The van der Waals surface area contributed by atoms with E-state index in [1.165, 1.54) is 5.69 Å². The molecule has 1 atom stereocenters. The Hall–Kier alpha value is -3.06. The minimum atomic E-state index is -0.280. The SMILES string of the molecule is COc1ccc(C(=O)NCC(=O)NCC(C)N2CCN(c3ccccc3)CC2)cc1. The van der Waals surface area contributed by atoms with Gasteiger partial charge in [0, 0.05) is 50.0 Å². The summed E-state index contributed by atoms with van der Waals surface area (Å²) in [6.45, 7) is 6.50. The lowest BCUT2D eigenvalue weighted by atomic mass is 10.2. The Bertz CT molecular complexity index is 818. The highest BCUT2D eigenvalue weighted by Crippen LogP contribution is 2.16. The van der Waals surface area contributed by atoms with E-state index < -0.39 is 0 Å². The lowest BCUT2D eigenvalue weighted by molar-refractivity contribution is -0.120. The Labute approximate surface area is 178 Å². The summed E-state index contributed by atoms with van der Waals surface area (Å²) in [5.41, 5.74) is 1.75. The molecule has 0 aromatic heterocycles. The van der Waals surface area contributed by atoms with Gasteiger partial charge in [-0.1, -0.05) is 18.2 Å². The zero-order valence-electron chi connectivity index (χ0n) is 17.6.